The van der Waals surface area contributed by atoms with Crippen molar-refractivity contribution in [3.8, 4) is 0 Å². The summed E-state index contributed by atoms with van der Waals surface area (Å²) in [5.41, 5.74) is -0.0907. The van der Waals surface area contributed by atoms with E-state index in [-0.39, 0.29) is 18.0 Å². The molecule has 72 valence electrons. The molecule has 0 aromatic heterocycles. The number of β-lactam (4-membered cyclic amide) rings is 1. The van der Waals surface area contributed by atoms with E-state index in [1.165, 1.54) is 0 Å². The summed E-state index contributed by atoms with van der Waals surface area (Å²) < 4.78 is 0. The Balaban J connectivity index is 1.87. The van der Waals surface area contributed by atoms with Gasteiger partial charge in [0.2, 0.25) is 5.91 Å². The van der Waals surface area contributed by atoms with Crippen LogP contribution in [0.2, 0.25) is 0 Å². The lowest BCUT2D eigenvalue weighted by molar-refractivity contribution is -0.138. The predicted molar refractivity (Wildman–Crippen MR) is 44.2 cm³/mol. The summed E-state index contributed by atoms with van der Waals surface area (Å²) in [7, 11) is 0. The molecule has 0 saturated carbocycles. The molecule has 1 spiro atoms. The van der Waals surface area contributed by atoms with Gasteiger partial charge in [-0.2, -0.15) is 0 Å². The fourth-order valence-corrected chi connectivity index (χ4v) is 2.12. The number of carboxylic acid groups (broad SMARTS) is 1. The number of aliphatic carboxylic acids is 1. The van der Waals surface area contributed by atoms with Crippen LogP contribution >= 0.6 is 0 Å². The number of hydrogen-bond donors (Lipinski definition) is 2. The van der Waals surface area contributed by atoms with Crippen molar-refractivity contribution < 1.29 is 14.7 Å². The Bertz CT molecular complexity index is 256. The molecule has 2 fully saturated rings. The largest absolute Gasteiger partial charge is 0.480 e. The molecule has 2 aliphatic rings. The van der Waals surface area contributed by atoms with E-state index in [1.807, 2.05) is 4.90 Å². The average Bonchev–Trinajstić information content (AvgIpc) is 2.30. The quantitative estimate of drug-likeness (QED) is 0.542. The van der Waals surface area contributed by atoms with E-state index in [4.69, 9.17) is 5.11 Å². The summed E-state index contributed by atoms with van der Waals surface area (Å²) in [5, 5.41) is 11.4. The Labute approximate surface area is 75.7 Å². The molecule has 13 heavy (non-hydrogen) atoms. The molecule has 2 N–H and O–H groups in total. The van der Waals surface area contributed by atoms with Gasteiger partial charge in [0.15, 0.2) is 0 Å². The zero-order chi connectivity index (χ0) is 9.47. The van der Waals surface area contributed by atoms with Crippen molar-refractivity contribution >= 4 is 11.9 Å². The molecular weight excluding hydrogens is 172 g/mol. The van der Waals surface area contributed by atoms with Crippen LogP contribution in [0.4, 0.5) is 0 Å². The van der Waals surface area contributed by atoms with E-state index in [9.17, 15) is 9.59 Å². The van der Waals surface area contributed by atoms with Gasteiger partial charge in [-0.25, -0.2) is 0 Å². The predicted octanol–water partition coefficient (Wildman–Crippen LogP) is -0.965. The number of carbonyl (C=O) groups is 2. The third-order valence-corrected chi connectivity index (χ3v) is 2.70. The van der Waals surface area contributed by atoms with Crippen LogP contribution in [0.5, 0.6) is 0 Å². The van der Waals surface area contributed by atoms with E-state index < -0.39 is 5.97 Å². The van der Waals surface area contributed by atoms with E-state index in [0.29, 0.717) is 13.0 Å². The Kier molecular flexibility index (Phi) is 1.76. The highest BCUT2D eigenvalue weighted by Gasteiger charge is 2.47. The smallest absolute Gasteiger partial charge is 0.317 e. The number of carboxylic acids is 1. The lowest BCUT2D eigenvalue weighted by Gasteiger charge is -2.38. The van der Waals surface area contributed by atoms with Gasteiger partial charge < -0.3 is 10.4 Å². The molecule has 5 heteroatoms. The number of nitrogens with zero attached hydrogens (tertiary/aromatic N) is 1. The zero-order valence-corrected chi connectivity index (χ0v) is 7.25. The highest BCUT2D eigenvalue weighted by molar-refractivity contribution is 5.85. The monoisotopic (exact) mass is 184 g/mol. The van der Waals surface area contributed by atoms with Crippen molar-refractivity contribution in [2.24, 2.45) is 0 Å². The zero-order valence-electron chi connectivity index (χ0n) is 7.25. The molecule has 0 unspecified atom stereocenters. The van der Waals surface area contributed by atoms with E-state index in [0.717, 1.165) is 13.0 Å². The van der Waals surface area contributed by atoms with Crippen LogP contribution in [0.25, 0.3) is 0 Å². The van der Waals surface area contributed by atoms with Gasteiger partial charge in [-0.1, -0.05) is 0 Å². The lowest BCUT2D eigenvalue weighted by Crippen LogP contribution is -2.62. The Morgan fingerprint density at radius 3 is 2.92 bits per heavy atom. The maximum atomic E-state index is 10.7. The molecule has 1 amide bonds. The number of hydrogen-bond acceptors (Lipinski definition) is 3. The van der Waals surface area contributed by atoms with Gasteiger partial charge in [-0.15, -0.1) is 0 Å². The highest BCUT2D eigenvalue weighted by atomic mass is 16.4. The first-order valence-corrected chi connectivity index (χ1v) is 4.35. The van der Waals surface area contributed by atoms with Gasteiger partial charge >= 0.3 is 5.97 Å². The Hall–Kier alpha value is -1.10. The van der Waals surface area contributed by atoms with E-state index >= 15 is 0 Å². The van der Waals surface area contributed by atoms with Crippen molar-refractivity contribution in [2.45, 2.75) is 18.4 Å². The van der Waals surface area contributed by atoms with Gasteiger partial charge in [0.05, 0.1) is 18.5 Å². The molecule has 0 aliphatic carbocycles. The molecule has 0 bridgehead atoms. The van der Waals surface area contributed by atoms with Gasteiger partial charge in [-0.3, -0.25) is 14.5 Å². The Morgan fingerprint density at radius 2 is 2.38 bits per heavy atom. The summed E-state index contributed by atoms with van der Waals surface area (Å²) in [4.78, 5) is 23.0. The molecule has 0 aromatic rings. The molecular formula is C8H12N2O3. The maximum Gasteiger partial charge on any atom is 0.317 e. The number of rotatable bonds is 2. The third kappa shape index (κ3) is 1.51. The van der Waals surface area contributed by atoms with Gasteiger partial charge in [0.25, 0.3) is 0 Å². The van der Waals surface area contributed by atoms with Crippen LogP contribution in [0.1, 0.15) is 12.8 Å². The minimum absolute atomic E-state index is 0.0807. The fraction of sp³-hybridized carbons (Fsp3) is 0.750. The number of amides is 1. The second-order valence-electron chi connectivity index (χ2n) is 3.86. The topological polar surface area (TPSA) is 69.6 Å². The van der Waals surface area contributed by atoms with Crippen LogP contribution in [-0.2, 0) is 9.59 Å². The molecule has 2 rings (SSSR count). The average molecular weight is 184 g/mol. The van der Waals surface area contributed by atoms with Crippen molar-refractivity contribution in [2.75, 3.05) is 19.6 Å². The first kappa shape index (κ1) is 8.50. The van der Waals surface area contributed by atoms with Crippen molar-refractivity contribution in [1.29, 1.82) is 0 Å². The molecule has 2 heterocycles. The van der Waals surface area contributed by atoms with Gasteiger partial charge in [0.1, 0.15) is 0 Å². The Morgan fingerprint density at radius 1 is 1.69 bits per heavy atom. The summed E-state index contributed by atoms with van der Waals surface area (Å²) in [6.07, 6.45) is 1.44. The summed E-state index contributed by atoms with van der Waals surface area (Å²) in [6, 6.07) is 0. The summed E-state index contributed by atoms with van der Waals surface area (Å²) in [5.74, 6) is -0.722. The number of nitrogens with one attached hydrogen (secondary N) is 1. The van der Waals surface area contributed by atoms with Crippen LogP contribution in [0, 0.1) is 0 Å². The first-order chi connectivity index (χ1) is 6.10. The molecule has 2 aliphatic heterocycles. The maximum absolute atomic E-state index is 10.7. The van der Waals surface area contributed by atoms with E-state index in [1.54, 1.807) is 0 Å². The van der Waals surface area contributed by atoms with Crippen molar-refractivity contribution in [3.05, 3.63) is 0 Å². The summed E-state index contributed by atoms with van der Waals surface area (Å²) in [6.45, 7) is 1.54. The normalized spacial score (nSPS) is 33.1. The minimum atomic E-state index is -0.803. The van der Waals surface area contributed by atoms with Crippen LogP contribution in [0.3, 0.4) is 0 Å². The molecule has 0 radical (unpaired) electrons. The van der Waals surface area contributed by atoms with Gasteiger partial charge in [-0.05, 0) is 6.42 Å². The van der Waals surface area contributed by atoms with Crippen molar-refractivity contribution in [3.63, 3.8) is 0 Å². The lowest BCUT2D eigenvalue weighted by atomic mass is 9.86. The van der Waals surface area contributed by atoms with E-state index in [2.05, 4.69) is 5.32 Å². The van der Waals surface area contributed by atoms with Crippen LogP contribution in [-0.4, -0.2) is 47.1 Å². The SMILES string of the molecule is O=C(O)CN1CC[C@]2(CC(=O)N2)C1. The van der Waals surface area contributed by atoms with Crippen LogP contribution < -0.4 is 5.32 Å². The number of likely N-dealkylation sites (tertiary alicyclic amines) is 1. The molecule has 1 atom stereocenters. The van der Waals surface area contributed by atoms with Gasteiger partial charge in [0, 0.05) is 13.1 Å². The molecule has 0 aromatic carbocycles. The fourth-order valence-electron chi connectivity index (χ4n) is 2.12. The second-order valence-corrected chi connectivity index (χ2v) is 3.86. The summed E-state index contributed by atoms with van der Waals surface area (Å²) >= 11 is 0. The molecule has 2 saturated heterocycles. The first-order valence-electron chi connectivity index (χ1n) is 4.35. The standard InChI is InChI=1S/C8H12N2O3/c11-6-3-8(9-6)1-2-10(5-8)4-7(12)13/h1-5H2,(H,9,11)(H,12,13)/t8-/m0/s1. The highest BCUT2D eigenvalue weighted by Crippen LogP contribution is 2.30. The number of carbonyl (C=O) groups excluding carboxylic acids is 1. The second kappa shape index (κ2) is 2.70. The van der Waals surface area contributed by atoms with Crippen molar-refractivity contribution in [1.82, 2.24) is 10.2 Å². The third-order valence-electron chi connectivity index (χ3n) is 2.70. The minimum Gasteiger partial charge on any atom is -0.480 e. The van der Waals surface area contributed by atoms with Crippen LogP contribution in [0.15, 0.2) is 0 Å². The molecule has 5 nitrogen and oxygen atoms in total.